The fourth-order valence-corrected chi connectivity index (χ4v) is 3.96. The van der Waals surface area contributed by atoms with E-state index in [9.17, 15) is 9.90 Å². The number of pyridine rings is 1. The van der Waals surface area contributed by atoms with Gasteiger partial charge >= 0.3 is 0 Å². The molecule has 4 nitrogen and oxygen atoms in total. The first kappa shape index (κ1) is 15.2. The number of carbonyl (C=O) groups excluding carboxylic acids is 1. The lowest BCUT2D eigenvalue weighted by atomic mass is 10.1. The van der Waals surface area contributed by atoms with Crippen LogP contribution in [0.5, 0.6) is 0 Å². The van der Waals surface area contributed by atoms with Crippen LogP contribution < -0.4 is 0 Å². The quantitative estimate of drug-likeness (QED) is 0.891. The molecule has 0 saturated heterocycles. The van der Waals surface area contributed by atoms with Crippen molar-refractivity contribution >= 4 is 17.2 Å². The number of aromatic nitrogens is 1. The van der Waals surface area contributed by atoms with Gasteiger partial charge in [-0.05, 0) is 42.0 Å². The Morgan fingerprint density at radius 1 is 1.50 bits per heavy atom. The zero-order valence-electron chi connectivity index (χ0n) is 12.6. The van der Waals surface area contributed by atoms with Crippen LogP contribution in [-0.4, -0.2) is 34.0 Å². The standard InChI is InChI=1S/C17H20N2O2S/c1-12-4-8-22-16(12)14-9-15(14)17(21)19(6-7-20)11-13-3-2-5-18-10-13/h2-5,8,10,14-15,20H,6-7,9,11H2,1H3/t14-,15-/m1/s1. The van der Waals surface area contributed by atoms with Crippen molar-refractivity contribution in [3.63, 3.8) is 0 Å². The molecule has 0 radical (unpaired) electrons. The summed E-state index contributed by atoms with van der Waals surface area (Å²) in [7, 11) is 0. The van der Waals surface area contributed by atoms with Gasteiger partial charge in [0, 0.05) is 42.2 Å². The van der Waals surface area contributed by atoms with Crippen LogP contribution in [0.2, 0.25) is 0 Å². The predicted molar refractivity (Wildman–Crippen MR) is 86.6 cm³/mol. The van der Waals surface area contributed by atoms with Gasteiger partial charge in [0.05, 0.1) is 6.61 Å². The van der Waals surface area contributed by atoms with Crippen molar-refractivity contribution in [1.29, 1.82) is 0 Å². The number of nitrogens with zero attached hydrogens (tertiary/aromatic N) is 2. The van der Waals surface area contributed by atoms with E-state index in [1.54, 1.807) is 28.6 Å². The van der Waals surface area contributed by atoms with E-state index in [-0.39, 0.29) is 18.4 Å². The number of aliphatic hydroxyl groups is 1. The molecule has 0 unspecified atom stereocenters. The van der Waals surface area contributed by atoms with Gasteiger partial charge < -0.3 is 10.0 Å². The van der Waals surface area contributed by atoms with Gasteiger partial charge in [-0.1, -0.05) is 6.07 Å². The normalized spacial score (nSPS) is 19.9. The fourth-order valence-electron chi connectivity index (χ4n) is 2.86. The highest BCUT2D eigenvalue weighted by atomic mass is 32.1. The van der Waals surface area contributed by atoms with Gasteiger partial charge in [-0.3, -0.25) is 9.78 Å². The van der Waals surface area contributed by atoms with Crippen molar-refractivity contribution in [3.8, 4) is 0 Å². The average molecular weight is 316 g/mol. The summed E-state index contributed by atoms with van der Waals surface area (Å²) in [6, 6.07) is 5.94. The van der Waals surface area contributed by atoms with E-state index in [4.69, 9.17) is 0 Å². The molecule has 3 rings (SSSR count). The van der Waals surface area contributed by atoms with Crippen LogP contribution >= 0.6 is 11.3 Å². The molecule has 0 aromatic carbocycles. The lowest BCUT2D eigenvalue weighted by Gasteiger charge is -2.22. The Hall–Kier alpha value is -1.72. The summed E-state index contributed by atoms with van der Waals surface area (Å²) >= 11 is 1.74. The molecule has 1 saturated carbocycles. The molecule has 2 atom stereocenters. The van der Waals surface area contributed by atoms with E-state index in [0.717, 1.165) is 12.0 Å². The first-order chi connectivity index (χ1) is 10.7. The lowest BCUT2D eigenvalue weighted by Crippen LogP contribution is -2.34. The minimum Gasteiger partial charge on any atom is -0.395 e. The van der Waals surface area contributed by atoms with Gasteiger partial charge in [0.25, 0.3) is 0 Å². The van der Waals surface area contributed by atoms with E-state index in [1.807, 2.05) is 12.1 Å². The molecule has 1 aliphatic rings. The van der Waals surface area contributed by atoms with Crippen molar-refractivity contribution in [3.05, 3.63) is 52.0 Å². The number of carbonyl (C=O) groups is 1. The van der Waals surface area contributed by atoms with Crippen LogP contribution in [0.15, 0.2) is 36.0 Å². The number of aryl methyl sites for hydroxylation is 1. The second kappa shape index (κ2) is 6.58. The van der Waals surface area contributed by atoms with Crippen molar-refractivity contribution in [1.82, 2.24) is 9.88 Å². The van der Waals surface area contributed by atoms with Gasteiger partial charge in [-0.2, -0.15) is 0 Å². The SMILES string of the molecule is Cc1ccsc1[C@@H]1C[C@H]1C(=O)N(CCO)Cc1cccnc1. The molecule has 0 spiro atoms. The summed E-state index contributed by atoms with van der Waals surface area (Å²) in [4.78, 5) is 19.9. The van der Waals surface area contributed by atoms with Crippen molar-refractivity contribution < 1.29 is 9.90 Å². The molecular formula is C17H20N2O2S. The van der Waals surface area contributed by atoms with Crippen molar-refractivity contribution in [2.45, 2.75) is 25.8 Å². The number of amides is 1. The third-order valence-electron chi connectivity index (χ3n) is 4.12. The van der Waals surface area contributed by atoms with E-state index >= 15 is 0 Å². The summed E-state index contributed by atoms with van der Waals surface area (Å²) < 4.78 is 0. The highest BCUT2D eigenvalue weighted by Gasteiger charge is 2.46. The van der Waals surface area contributed by atoms with Gasteiger partial charge in [-0.15, -0.1) is 11.3 Å². The Kier molecular flexibility index (Phi) is 4.55. The largest absolute Gasteiger partial charge is 0.395 e. The fraction of sp³-hybridized carbons (Fsp3) is 0.412. The minimum atomic E-state index is -0.0125. The van der Waals surface area contributed by atoms with Gasteiger partial charge in [0.1, 0.15) is 0 Å². The number of hydrogen-bond donors (Lipinski definition) is 1. The Bertz CT molecular complexity index is 641. The van der Waals surface area contributed by atoms with Crippen molar-refractivity contribution in [2.75, 3.05) is 13.2 Å². The molecule has 116 valence electrons. The monoisotopic (exact) mass is 316 g/mol. The second-order valence-electron chi connectivity index (χ2n) is 5.76. The predicted octanol–water partition coefficient (Wildman–Crippen LogP) is 2.58. The molecular weight excluding hydrogens is 296 g/mol. The van der Waals surface area contributed by atoms with E-state index in [2.05, 4.69) is 23.4 Å². The molecule has 2 heterocycles. The molecule has 1 amide bonds. The second-order valence-corrected chi connectivity index (χ2v) is 6.71. The smallest absolute Gasteiger partial charge is 0.226 e. The van der Waals surface area contributed by atoms with Gasteiger partial charge in [0.15, 0.2) is 0 Å². The number of aliphatic hydroxyl groups excluding tert-OH is 1. The topological polar surface area (TPSA) is 53.4 Å². The number of thiophene rings is 1. The summed E-state index contributed by atoms with van der Waals surface area (Å²) in [6.07, 6.45) is 4.42. The maximum absolute atomic E-state index is 12.7. The van der Waals surface area contributed by atoms with Crippen LogP contribution in [0, 0.1) is 12.8 Å². The number of rotatable bonds is 6. The van der Waals surface area contributed by atoms with E-state index in [1.165, 1.54) is 10.4 Å². The van der Waals surface area contributed by atoms with Crippen molar-refractivity contribution in [2.24, 2.45) is 5.92 Å². The summed E-state index contributed by atoms with van der Waals surface area (Å²) in [5, 5.41) is 11.3. The molecule has 2 aromatic heterocycles. The summed E-state index contributed by atoms with van der Waals surface area (Å²) in [5.74, 6) is 0.582. The maximum Gasteiger partial charge on any atom is 0.226 e. The Balaban J connectivity index is 1.68. The van der Waals surface area contributed by atoms with Gasteiger partial charge in [0.2, 0.25) is 5.91 Å². The summed E-state index contributed by atoms with van der Waals surface area (Å²) in [5.41, 5.74) is 2.28. The summed E-state index contributed by atoms with van der Waals surface area (Å²) in [6.45, 7) is 2.98. The Morgan fingerprint density at radius 3 is 3.00 bits per heavy atom. The third-order valence-corrected chi connectivity index (χ3v) is 5.27. The van der Waals surface area contributed by atoms with Crippen LogP contribution in [-0.2, 0) is 11.3 Å². The van der Waals surface area contributed by atoms with Crippen LogP contribution in [0.1, 0.15) is 28.3 Å². The third kappa shape index (κ3) is 3.20. The van der Waals surface area contributed by atoms with E-state index < -0.39 is 0 Å². The lowest BCUT2D eigenvalue weighted by molar-refractivity contribution is -0.133. The molecule has 1 fully saturated rings. The molecule has 0 bridgehead atoms. The highest BCUT2D eigenvalue weighted by Crippen LogP contribution is 2.51. The maximum atomic E-state index is 12.7. The van der Waals surface area contributed by atoms with Crippen LogP contribution in [0.4, 0.5) is 0 Å². The van der Waals surface area contributed by atoms with Gasteiger partial charge in [-0.25, -0.2) is 0 Å². The zero-order valence-corrected chi connectivity index (χ0v) is 13.4. The highest BCUT2D eigenvalue weighted by molar-refractivity contribution is 7.10. The minimum absolute atomic E-state index is 0.0125. The first-order valence-electron chi connectivity index (χ1n) is 7.53. The Morgan fingerprint density at radius 2 is 2.36 bits per heavy atom. The zero-order chi connectivity index (χ0) is 15.5. The average Bonchev–Trinajstić information content (AvgIpc) is 3.21. The molecule has 22 heavy (non-hydrogen) atoms. The van der Waals surface area contributed by atoms with E-state index in [0.29, 0.717) is 19.0 Å². The molecule has 5 heteroatoms. The van der Waals surface area contributed by atoms with Crippen LogP contribution in [0.3, 0.4) is 0 Å². The van der Waals surface area contributed by atoms with Crippen LogP contribution in [0.25, 0.3) is 0 Å². The first-order valence-corrected chi connectivity index (χ1v) is 8.41. The molecule has 2 aromatic rings. The molecule has 0 aliphatic heterocycles. The number of hydrogen-bond acceptors (Lipinski definition) is 4. The molecule has 1 aliphatic carbocycles. The Labute approximate surface area is 134 Å². The molecule has 1 N–H and O–H groups in total.